The van der Waals surface area contributed by atoms with Crippen LogP contribution in [0.25, 0.3) is 11.5 Å². The number of para-hydroxylation sites is 1. The summed E-state index contributed by atoms with van der Waals surface area (Å²) in [6, 6.07) is 23.0. The van der Waals surface area contributed by atoms with Gasteiger partial charge in [0.2, 0.25) is 6.17 Å². The first-order valence-electron chi connectivity index (χ1n) is 11.9. The Bertz CT molecular complexity index is 1470. The molecule has 0 aliphatic carbocycles. The number of nitrogens with one attached hydrogen (secondary N) is 2. The number of benzodiazepines with no additional fused rings is 1. The minimum absolute atomic E-state index is 0.0607. The van der Waals surface area contributed by atoms with E-state index in [0.29, 0.717) is 35.2 Å². The highest BCUT2D eigenvalue weighted by molar-refractivity contribution is 6.33. The third kappa shape index (κ3) is 4.78. The van der Waals surface area contributed by atoms with Crippen molar-refractivity contribution >= 4 is 40.6 Å². The van der Waals surface area contributed by atoms with E-state index in [9.17, 15) is 4.79 Å². The molecule has 3 heterocycles. The van der Waals surface area contributed by atoms with E-state index >= 15 is 0 Å². The van der Waals surface area contributed by atoms with E-state index in [1.165, 1.54) is 0 Å². The first-order chi connectivity index (χ1) is 18.2. The van der Waals surface area contributed by atoms with Gasteiger partial charge in [-0.05, 0) is 24.3 Å². The number of rotatable bonds is 5. The number of hydrogen-bond donors (Lipinski definition) is 2. The summed E-state index contributed by atoms with van der Waals surface area (Å²) in [4.78, 5) is 20.0. The Balaban J connectivity index is 1.27. The molecule has 1 amide bonds. The van der Waals surface area contributed by atoms with Crippen LogP contribution in [0.2, 0.25) is 5.02 Å². The predicted molar refractivity (Wildman–Crippen MR) is 142 cm³/mol. The van der Waals surface area contributed by atoms with Gasteiger partial charge in [0, 0.05) is 29.9 Å². The van der Waals surface area contributed by atoms with Gasteiger partial charge < -0.3 is 24.7 Å². The number of amides is 1. The molecule has 3 aromatic carbocycles. The number of halogens is 1. The fourth-order valence-electron chi connectivity index (χ4n) is 4.38. The van der Waals surface area contributed by atoms with Gasteiger partial charge in [0.05, 0.1) is 35.2 Å². The first-order valence-corrected chi connectivity index (χ1v) is 12.3. The van der Waals surface area contributed by atoms with Crippen molar-refractivity contribution in [2.75, 3.05) is 41.8 Å². The number of benzene rings is 3. The number of nitrogens with zero attached hydrogens (tertiary/aromatic N) is 4. The van der Waals surface area contributed by atoms with Crippen LogP contribution < -0.4 is 15.5 Å². The number of fused-ring (bicyclic) bond motifs is 1. The van der Waals surface area contributed by atoms with E-state index in [0.717, 1.165) is 29.9 Å². The van der Waals surface area contributed by atoms with Gasteiger partial charge >= 0.3 is 6.01 Å². The molecular weight excluding hydrogens is 492 g/mol. The lowest BCUT2D eigenvalue weighted by Crippen LogP contribution is -2.36. The standard InChI is InChI=1S/C27H23ClN6O3/c28-21-16-18(34-12-14-36-15-13-34)10-11-19(21)26-32-33-27(37-26)31-24-25(35)29-22-9-5-4-8-20(22)23(30-24)17-6-2-1-3-7-17/h1-11,16,24H,12-15H2,(H,29,35)(H,31,33). The van der Waals surface area contributed by atoms with E-state index < -0.39 is 6.17 Å². The molecule has 2 N–H and O–H groups in total. The van der Waals surface area contributed by atoms with Crippen LogP contribution in [0, 0.1) is 0 Å². The SMILES string of the molecule is O=C1Nc2ccccc2C(c2ccccc2)=NC1Nc1nnc(-c2ccc(N3CCOCC3)cc2Cl)o1. The highest BCUT2D eigenvalue weighted by Gasteiger charge is 2.27. The van der Waals surface area contributed by atoms with E-state index in [2.05, 4.69) is 25.7 Å². The van der Waals surface area contributed by atoms with Crippen molar-refractivity contribution in [1.29, 1.82) is 0 Å². The van der Waals surface area contributed by atoms with Crippen molar-refractivity contribution in [2.45, 2.75) is 6.17 Å². The quantitative estimate of drug-likeness (QED) is 0.405. The van der Waals surface area contributed by atoms with Gasteiger partial charge in [-0.25, -0.2) is 4.99 Å². The Kier molecular flexibility index (Phi) is 6.30. The van der Waals surface area contributed by atoms with E-state index in [-0.39, 0.29) is 17.8 Å². The maximum absolute atomic E-state index is 13.1. The van der Waals surface area contributed by atoms with Crippen LogP contribution in [-0.4, -0.2) is 54.3 Å². The molecule has 9 nitrogen and oxygen atoms in total. The van der Waals surface area contributed by atoms with Gasteiger partial charge in [0.1, 0.15) is 0 Å². The Morgan fingerprint density at radius 2 is 1.73 bits per heavy atom. The molecule has 0 spiro atoms. The van der Waals surface area contributed by atoms with Crippen LogP contribution in [0.15, 0.2) is 82.2 Å². The zero-order valence-corrected chi connectivity index (χ0v) is 20.5. The Labute approximate surface area is 218 Å². The monoisotopic (exact) mass is 514 g/mol. The third-order valence-corrected chi connectivity index (χ3v) is 6.55. The number of carbonyl (C=O) groups is 1. The van der Waals surface area contributed by atoms with Crippen LogP contribution in [-0.2, 0) is 9.53 Å². The molecular formula is C27H23ClN6O3. The van der Waals surface area contributed by atoms with Crippen LogP contribution in [0.5, 0.6) is 0 Å². The second-order valence-corrected chi connectivity index (χ2v) is 9.01. The molecule has 1 atom stereocenters. The molecule has 1 fully saturated rings. The highest BCUT2D eigenvalue weighted by Crippen LogP contribution is 2.32. The molecule has 2 aliphatic heterocycles. The largest absolute Gasteiger partial charge is 0.403 e. The number of aromatic nitrogens is 2. The van der Waals surface area contributed by atoms with Gasteiger partial charge in [-0.1, -0.05) is 65.2 Å². The molecule has 2 aliphatic rings. The van der Waals surface area contributed by atoms with Crippen molar-refractivity contribution in [2.24, 2.45) is 4.99 Å². The lowest BCUT2D eigenvalue weighted by atomic mass is 10.0. The number of hydrogen-bond acceptors (Lipinski definition) is 8. The third-order valence-electron chi connectivity index (χ3n) is 6.24. The minimum Gasteiger partial charge on any atom is -0.403 e. The molecule has 1 saturated heterocycles. The molecule has 4 aromatic rings. The van der Waals surface area contributed by atoms with Crippen LogP contribution >= 0.6 is 11.6 Å². The normalized spacial score (nSPS) is 17.4. The lowest BCUT2D eigenvalue weighted by molar-refractivity contribution is -0.116. The van der Waals surface area contributed by atoms with Crippen molar-refractivity contribution in [3.05, 3.63) is 88.9 Å². The fourth-order valence-corrected chi connectivity index (χ4v) is 4.64. The van der Waals surface area contributed by atoms with E-state index in [1.807, 2.05) is 72.8 Å². The first kappa shape index (κ1) is 23.2. The summed E-state index contributed by atoms with van der Waals surface area (Å²) in [5.74, 6) is -0.100. The summed E-state index contributed by atoms with van der Waals surface area (Å²) in [6.45, 7) is 2.99. The zero-order valence-electron chi connectivity index (χ0n) is 19.7. The van der Waals surface area contributed by atoms with Crippen LogP contribution in [0.1, 0.15) is 11.1 Å². The predicted octanol–water partition coefficient (Wildman–Crippen LogP) is 4.45. The molecule has 1 unspecified atom stereocenters. The van der Waals surface area contributed by atoms with E-state index in [1.54, 1.807) is 0 Å². The molecule has 0 radical (unpaired) electrons. The summed E-state index contributed by atoms with van der Waals surface area (Å²) in [5, 5.41) is 14.6. The number of carbonyl (C=O) groups excluding carboxylic acids is 1. The second kappa shape index (κ2) is 10.0. The number of anilines is 3. The van der Waals surface area contributed by atoms with Crippen molar-refractivity contribution in [3.63, 3.8) is 0 Å². The summed E-state index contributed by atoms with van der Waals surface area (Å²) in [6.07, 6.45) is -0.991. The molecule has 0 saturated carbocycles. The topological polar surface area (TPSA) is 105 Å². The molecule has 1 aromatic heterocycles. The maximum atomic E-state index is 13.1. The van der Waals surface area contributed by atoms with Gasteiger partial charge in [0.25, 0.3) is 11.8 Å². The van der Waals surface area contributed by atoms with Gasteiger partial charge in [-0.2, -0.15) is 0 Å². The fraction of sp³-hybridized carbons (Fsp3) is 0.185. The highest BCUT2D eigenvalue weighted by atomic mass is 35.5. The summed E-state index contributed by atoms with van der Waals surface area (Å²) < 4.78 is 11.3. The Morgan fingerprint density at radius 3 is 2.54 bits per heavy atom. The molecule has 37 heavy (non-hydrogen) atoms. The van der Waals surface area contributed by atoms with Gasteiger partial charge in [-0.15, -0.1) is 5.10 Å². The Hall–Kier alpha value is -4.21. The summed E-state index contributed by atoms with van der Waals surface area (Å²) in [7, 11) is 0. The summed E-state index contributed by atoms with van der Waals surface area (Å²) in [5.41, 5.74) is 4.67. The average molecular weight is 515 g/mol. The maximum Gasteiger partial charge on any atom is 0.317 e. The van der Waals surface area contributed by atoms with Crippen LogP contribution in [0.3, 0.4) is 0 Å². The number of morpholine rings is 1. The lowest BCUT2D eigenvalue weighted by Gasteiger charge is -2.29. The van der Waals surface area contributed by atoms with Crippen LogP contribution in [0.4, 0.5) is 17.4 Å². The smallest absolute Gasteiger partial charge is 0.317 e. The Morgan fingerprint density at radius 1 is 0.946 bits per heavy atom. The molecule has 0 bridgehead atoms. The summed E-state index contributed by atoms with van der Waals surface area (Å²) >= 11 is 6.58. The second-order valence-electron chi connectivity index (χ2n) is 8.60. The number of aliphatic imine (C=N–C) groups is 1. The zero-order chi connectivity index (χ0) is 25.2. The van der Waals surface area contributed by atoms with Crippen molar-refractivity contribution in [1.82, 2.24) is 10.2 Å². The minimum atomic E-state index is -0.991. The van der Waals surface area contributed by atoms with Crippen molar-refractivity contribution in [3.8, 4) is 11.5 Å². The van der Waals surface area contributed by atoms with Gasteiger partial charge in [0.15, 0.2) is 0 Å². The van der Waals surface area contributed by atoms with Crippen molar-refractivity contribution < 1.29 is 13.9 Å². The van der Waals surface area contributed by atoms with E-state index in [4.69, 9.17) is 25.7 Å². The molecule has 186 valence electrons. The number of ether oxygens (including phenoxy) is 1. The molecule has 10 heteroatoms. The average Bonchev–Trinajstić information content (AvgIpc) is 3.35. The molecule has 6 rings (SSSR count). The van der Waals surface area contributed by atoms with Gasteiger partial charge in [-0.3, -0.25) is 4.79 Å².